The Hall–Kier alpha value is -3.55. The maximum absolute atomic E-state index is 12.5. The van der Waals surface area contributed by atoms with Gasteiger partial charge in [-0.25, -0.2) is 0 Å². The van der Waals surface area contributed by atoms with E-state index in [1.165, 1.54) is 19.1 Å². The van der Waals surface area contributed by atoms with Gasteiger partial charge in [-0.1, -0.05) is 30.3 Å². The molecule has 1 saturated heterocycles. The molecule has 2 amide bonds. The van der Waals surface area contributed by atoms with Crippen LogP contribution in [0.1, 0.15) is 24.9 Å². The van der Waals surface area contributed by atoms with E-state index in [0.717, 1.165) is 5.56 Å². The first-order valence-electron chi connectivity index (χ1n) is 9.96. The lowest BCUT2D eigenvalue weighted by atomic mass is 10.1. The van der Waals surface area contributed by atoms with Crippen molar-refractivity contribution in [2.45, 2.75) is 19.4 Å². The van der Waals surface area contributed by atoms with Crippen molar-refractivity contribution in [3.8, 4) is 11.5 Å². The van der Waals surface area contributed by atoms with Crippen LogP contribution in [0, 0.1) is 5.92 Å². The van der Waals surface area contributed by atoms with E-state index in [0.29, 0.717) is 17.2 Å². The highest BCUT2D eigenvalue weighted by Crippen LogP contribution is 2.36. The third kappa shape index (κ3) is 5.33. The molecule has 0 bridgehead atoms. The largest absolute Gasteiger partial charge is 0.497 e. The zero-order valence-corrected chi connectivity index (χ0v) is 17.8. The second kappa shape index (κ2) is 9.97. The van der Waals surface area contributed by atoms with E-state index in [9.17, 15) is 14.4 Å². The predicted octanol–water partition coefficient (Wildman–Crippen LogP) is 2.48. The van der Waals surface area contributed by atoms with Crippen LogP contribution in [-0.4, -0.2) is 45.2 Å². The van der Waals surface area contributed by atoms with Crippen molar-refractivity contribution < 1.29 is 28.6 Å². The van der Waals surface area contributed by atoms with E-state index in [4.69, 9.17) is 14.2 Å². The fourth-order valence-corrected chi connectivity index (χ4v) is 3.47. The molecule has 1 fully saturated rings. The van der Waals surface area contributed by atoms with E-state index in [1.54, 1.807) is 18.2 Å². The lowest BCUT2D eigenvalue weighted by Gasteiger charge is -2.20. The highest BCUT2D eigenvalue weighted by Gasteiger charge is 2.37. The van der Waals surface area contributed by atoms with Crippen LogP contribution in [0.2, 0.25) is 0 Å². The highest BCUT2D eigenvalue weighted by atomic mass is 16.5. The van der Waals surface area contributed by atoms with Crippen molar-refractivity contribution in [3.05, 3.63) is 54.1 Å². The number of nitrogens with zero attached hydrogens (tertiary/aromatic N) is 1. The summed E-state index contributed by atoms with van der Waals surface area (Å²) < 4.78 is 15.7. The normalized spacial score (nSPS) is 16.5. The van der Waals surface area contributed by atoms with E-state index in [-0.39, 0.29) is 24.9 Å². The van der Waals surface area contributed by atoms with Gasteiger partial charge in [-0.15, -0.1) is 0 Å². The SMILES string of the molecule is COc1ccc(OC)c(N2C[C@@H](C(=O)OCC(=O)N[C@H](C)c3ccccc3)CC2=O)c1. The molecule has 1 N–H and O–H groups in total. The van der Waals surface area contributed by atoms with Crippen molar-refractivity contribution in [1.82, 2.24) is 5.32 Å². The van der Waals surface area contributed by atoms with Crippen molar-refractivity contribution in [2.75, 3.05) is 32.3 Å². The van der Waals surface area contributed by atoms with Gasteiger partial charge in [0.2, 0.25) is 5.91 Å². The van der Waals surface area contributed by atoms with Crippen LogP contribution in [0.15, 0.2) is 48.5 Å². The van der Waals surface area contributed by atoms with Crippen LogP contribution in [-0.2, 0) is 19.1 Å². The Morgan fingerprint density at radius 1 is 1.13 bits per heavy atom. The fourth-order valence-electron chi connectivity index (χ4n) is 3.47. The molecule has 164 valence electrons. The molecule has 2 aromatic rings. The van der Waals surface area contributed by atoms with Crippen molar-refractivity contribution in [3.63, 3.8) is 0 Å². The number of rotatable bonds is 8. The van der Waals surface area contributed by atoms with Crippen LogP contribution < -0.4 is 19.7 Å². The summed E-state index contributed by atoms with van der Waals surface area (Å²) in [7, 11) is 3.04. The number of anilines is 1. The average molecular weight is 426 g/mol. The van der Waals surface area contributed by atoms with Crippen LogP contribution >= 0.6 is 0 Å². The maximum atomic E-state index is 12.5. The van der Waals surface area contributed by atoms with Crippen molar-refractivity contribution in [1.29, 1.82) is 0 Å². The van der Waals surface area contributed by atoms with E-state index < -0.39 is 24.4 Å². The zero-order chi connectivity index (χ0) is 22.4. The Morgan fingerprint density at radius 2 is 1.87 bits per heavy atom. The third-order valence-corrected chi connectivity index (χ3v) is 5.16. The number of ether oxygens (including phenoxy) is 3. The summed E-state index contributed by atoms with van der Waals surface area (Å²) in [4.78, 5) is 38.6. The van der Waals surface area contributed by atoms with Gasteiger partial charge in [0.25, 0.3) is 5.91 Å². The van der Waals surface area contributed by atoms with Gasteiger partial charge in [-0.2, -0.15) is 0 Å². The molecule has 8 nitrogen and oxygen atoms in total. The monoisotopic (exact) mass is 426 g/mol. The number of carbonyl (C=O) groups is 3. The smallest absolute Gasteiger partial charge is 0.311 e. The molecule has 0 saturated carbocycles. The summed E-state index contributed by atoms with van der Waals surface area (Å²) in [6.45, 7) is 1.59. The quantitative estimate of drug-likeness (QED) is 0.652. The maximum Gasteiger partial charge on any atom is 0.311 e. The molecule has 0 radical (unpaired) electrons. The molecule has 1 heterocycles. The fraction of sp³-hybridized carbons (Fsp3) is 0.348. The Morgan fingerprint density at radius 3 is 2.55 bits per heavy atom. The van der Waals surface area contributed by atoms with Gasteiger partial charge < -0.3 is 24.4 Å². The average Bonchev–Trinajstić information content (AvgIpc) is 3.19. The molecular formula is C23H26N2O6. The van der Waals surface area contributed by atoms with Crippen LogP contribution in [0.3, 0.4) is 0 Å². The molecule has 2 aromatic carbocycles. The van der Waals surface area contributed by atoms with Crippen molar-refractivity contribution in [2.24, 2.45) is 5.92 Å². The lowest BCUT2D eigenvalue weighted by Crippen LogP contribution is -2.32. The minimum absolute atomic E-state index is 0.00122. The summed E-state index contributed by atoms with van der Waals surface area (Å²) in [6.07, 6.45) is 0.00122. The molecule has 2 atom stereocenters. The van der Waals surface area contributed by atoms with Gasteiger partial charge in [0, 0.05) is 19.0 Å². The van der Waals surface area contributed by atoms with Gasteiger partial charge in [0.1, 0.15) is 11.5 Å². The molecule has 0 aliphatic carbocycles. The lowest BCUT2D eigenvalue weighted by molar-refractivity contribution is -0.152. The number of amides is 2. The summed E-state index contributed by atoms with van der Waals surface area (Å²) in [5.41, 5.74) is 1.48. The van der Waals surface area contributed by atoms with E-state index >= 15 is 0 Å². The number of hydrogen-bond acceptors (Lipinski definition) is 6. The molecule has 8 heteroatoms. The van der Waals surface area contributed by atoms with Gasteiger partial charge in [-0.05, 0) is 24.6 Å². The Kier molecular flexibility index (Phi) is 7.12. The second-order valence-electron chi connectivity index (χ2n) is 7.25. The third-order valence-electron chi connectivity index (χ3n) is 5.16. The number of methoxy groups -OCH3 is 2. The Balaban J connectivity index is 1.56. The van der Waals surface area contributed by atoms with Gasteiger partial charge in [0.15, 0.2) is 6.61 Å². The van der Waals surface area contributed by atoms with Crippen LogP contribution in [0.5, 0.6) is 11.5 Å². The standard InChI is InChI=1S/C23H26N2O6/c1-15(16-7-5-4-6-8-16)24-21(26)14-31-23(28)17-11-22(27)25(13-17)19-12-18(29-2)9-10-20(19)30-3/h4-10,12,15,17H,11,13-14H2,1-3H3,(H,24,26)/t15-,17+/m1/s1. The topological polar surface area (TPSA) is 94.2 Å². The second-order valence-corrected chi connectivity index (χ2v) is 7.25. The first kappa shape index (κ1) is 22.1. The number of hydrogen-bond donors (Lipinski definition) is 1. The van der Waals surface area contributed by atoms with Gasteiger partial charge in [0.05, 0.1) is 31.9 Å². The summed E-state index contributed by atoms with van der Waals surface area (Å²) in [5.74, 6) is -0.810. The molecule has 3 rings (SSSR count). The molecule has 1 aliphatic rings. The number of benzene rings is 2. The Bertz CT molecular complexity index is 946. The first-order chi connectivity index (χ1) is 14.9. The number of esters is 1. The summed E-state index contributed by atoms with van der Waals surface area (Å²) in [5, 5.41) is 2.79. The minimum atomic E-state index is -0.664. The van der Waals surface area contributed by atoms with Crippen LogP contribution in [0.25, 0.3) is 0 Å². The molecule has 0 aromatic heterocycles. The van der Waals surface area contributed by atoms with Crippen molar-refractivity contribution >= 4 is 23.5 Å². The molecule has 31 heavy (non-hydrogen) atoms. The molecule has 1 aliphatic heterocycles. The van der Waals surface area contributed by atoms with E-state index in [2.05, 4.69) is 5.32 Å². The first-order valence-corrected chi connectivity index (χ1v) is 9.96. The molecule has 0 unspecified atom stereocenters. The van der Waals surface area contributed by atoms with Crippen LogP contribution in [0.4, 0.5) is 5.69 Å². The van der Waals surface area contributed by atoms with E-state index in [1.807, 2.05) is 37.3 Å². The minimum Gasteiger partial charge on any atom is -0.497 e. The number of carbonyl (C=O) groups excluding carboxylic acids is 3. The zero-order valence-electron chi connectivity index (χ0n) is 17.8. The predicted molar refractivity (Wildman–Crippen MR) is 114 cm³/mol. The summed E-state index contributed by atoms with van der Waals surface area (Å²) >= 11 is 0. The number of nitrogens with one attached hydrogen (secondary N) is 1. The highest BCUT2D eigenvalue weighted by molar-refractivity contribution is 6.01. The summed E-state index contributed by atoms with van der Waals surface area (Å²) in [6, 6.07) is 14.4. The Labute approximate surface area is 181 Å². The van der Waals surface area contributed by atoms with Gasteiger partial charge >= 0.3 is 5.97 Å². The van der Waals surface area contributed by atoms with Gasteiger partial charge in [-0.3, -0.25) is 14.4 Å². The molecular weight excluding hydrogens is 400 g/mol. The molecule has 0 spiro atoms.